The predicted octanol–water partition coefficient (Wildman–Crippen LogP) is 4.34. The third kappa shape index (κ3) is 3.27. The summed E-state index contributed by atoms with van der Waals surface area (Å²) >= 11 is 5.18. The lowest BCUT2D eigenvalue weighted by molar-refractivity contribution is 0.681. The Hall–Kier alpha value is -0.780. The number of hydrogen-bond acceptors (Lipinski definition) is 4. The second kappa shape index (κ2) is 5.92. The van der Waals surface area contributed by atoms with Gasteiger partial charge in [0.2, 0.25) is 0 Å². The zero-order valence-corrected chi connectivity index (χ0v) is 14.1. The van der Waals surface area contributed by atoms with E-state index in [1.54, 1.807) is 11.3 Å². The van der Waals surface area contributed by atoms with Gasteiger partial charge in [0.25, 0.3) is 0 Å². The molecule has 1 N–H and O–H groups in total. The van der Waals surface area contributed by atoms with E-state index in [4.69, 9.17) is 4.98 Å². The smallest absolute Gasteiger partial charge is 0.142 e. The summed E-state index contributed by atoms with van der Waals surface area (Å²) in [5.74, 6) is 0.450. The highest BCUT2D eigenvalue weighted by Crippen LogP contribution is 2.32. The molecule has 0 aliphatic heterocycles. The summed E-state index contributed by atoms with van der Waals surface area (Å²) in [6.45, 7) is 5.34. The summed E-state index contributed by atoms with van der Waals surface area (Å²) in [6, 6.07) is 4.76. The number of thiazole rings is 1. The molecule has 0 unspecified atom stereocenters. The first-order valence-corrected chi connectivity index (χ1v) is 8.59. The zero-order chi connectivity index (χ0) is 14.1. The Labute approximate surface area is 132 Å². The van der Waals surface area contributed by atoms with Crippen LogP contribution in [-0.4, -0.2) is 16.0 Å². The lowest BCUT2D eigenvalue weighted by atomic mass is 10.1. The van der Waals surface area contributed by atoms with Crippen molar-refractivity contribution in [3.8, 4) is 10.7 Å². The second-order valence-electron chi connectivity index (χ2n) is 5.50. The molecule has 0 atom stereocenters. The Morgan fingerprint density at radius 1 is 1.40 bits per heavy atom. The molecule has 0 spiro atoms. The van der Waals surface area contributed by atoms with Crippen molar-refractivity contribution in [2.24, 2.45) is 0 Å². The Kier molecular flexibility index (Phi) is 4.19. The Balaban J connectivity index is 1.86. The van der Waals surface area contributed by atoms with Crippen LogP contribution in [0.4, 0.5) is 0 Å². The van der Waals surface area contributed by atoms with Gasteiger partial charge in [0, 0.05) is 28.1 Å². The molecule has 0 saturated heterocycles. The van der Waals surface area contributed by atoms with Crippen LogP contribution in [0.15, 0.2) is 22.8 Å². The number of halogens is 1. The molecule has 2 aromatic heterocycles. The fourth-order valence-electron chi connectivity index (χ4n) is 2.08. The molecule has 1 fully saturated rings. The maximum atomic E-state index is 4.81. The van der Waals surface area contributed by atoms with Gasteiger partial charge in [0.15, 0.2) is 0 Å². The van der Waals surface area contributed by atoms with Crippen LogP contribution >= 0.6 is 27.3 Å². The summed E-state index contributed by atoms with van der Waals surface area (Å²) < 4.78 is 0.998. The number of nitrogens with one attached hydrogen (secondary N) is 1. The van der Waals surface area contributed by atoms with Gasteiger partial charge in [-0.25, -0.2) is 4.98 Å². The molecule has 2 heterocycles. The van der Waals surface area contributed by atoms with Crippen LogP contribution in [0.25, 0.3) is 10.7 Å². The first-order valence-electron chi connectivity index (χ1n) is 6.98. The summed E-state index contributed by atoms with van der Waals surface area (Å²) in [4.78, 5) is 10.6. The van der Waals surface area contributed by atoms with E-state index in [9.17, 15) is 0 Å². The molecule has 0 aromatic carbocycles. The van der Waals surface area contributed by atoms with Crippen LogP contribution < -0.4 is 5.32 Å². The highest BCUT2D eigenvalue weighted by atomic mass is 79.9. The van der Waals surface area contributed by atoms with Crippen molar-refractivity contribution in [1.29, 1.82) is 0 Å². The van der Waals surface area contributed by atoms with Crippen molar-refractivity contribution in [3.05, 3.63) is 33.4 Å². The van der Waals surface area contributed by atoms with Crippen LogP contribution in [0.3, 0.4) is 0 Å². The zero-order valence-electron chi connectivity index (χ0n) is 11.7. The molecule has 20 heavy (non-hydrogen) atoms. The second-order valence-corrected chi connectivity index (χ2v) is 7.50. The maximum Gasteiger partial charge on any atom is 0.142 e. The van der Waals surface area contributed by atoms with E-state index < -0.39 is 0 Å². The number of aromatic nitrogens is 2. The average molecular weight is 352 g/mol. The SMILES string of the molecule is CC(C)c1nc(-c2ccc(Br)cn2)sc1CNC1CC1. The molecule has 0 bridgehead atoms. The molecule has 106 valence electrons. The fourth-order valence-corrected chi connectivity index (χ4v) is 3.46. The fraction of sp³-hybridized carbons (Fsp3) is 0.467. The van der Waals surface area contributed by atoms with Crippen molar-refractivity contribution in [2.45, 2.75) is 45.2 Å². The topological polar surface area (TPSA) is 37.8 Å². The first-order chi connectivity index (χ1) is 9.63. The van der Waals surface area contributed by atoms with Gasteiger partial charge in [-0.3, -0.25) is 4.98 Å². The van der Waals surface area contributed by atoms with E-state index in [1.165, 1.54) is 23.4 Å². The van der Waals surface area contributed by atoms with Crippen molar-refractivity contribution in [1.82, 2.24) is 15.3 Å². The van der Waals surface area contributed by atoms with E-state index >= 15 is 0 Å². The van der Waals surface area contributed by atoms with Crippen molar-refractivity contribution in [2.75, 3.05) is 0 Å². The van der Waals surface area contributed by atoms with Crippen molar-refractivity contribution in [3.63, 3.8) is 0 Å². The molecule has 1 aliphatic rings. The van der Waals surface area contributed by atoms with E-state index in [2.05, 4.69) is 40.1 Å². The minimum atomic E-state index is 0.450. The van der Waals surface area contributed by atoms with Crippen molar-refractivity contribution >= 4 is 27.3 Å². The Bertz CT molecular complexity index is 588. The Morgan fingerprint density at radius 2 is 2.20 bits per heavy atom. The minimum absolute atomic E-state index is 0.450. The Morgan fingerprint density at radius 3 is 2.80 bits per heavy atom. The molecule has 3 rings (SSSR count). The van der Waals surface area contributed by atoms with Gasteiger partial charge in [-0.1, -0.05) is 13.8 Å². The molecule has 1 aliphatic carbocycles. The van der Waals surface area contributed by atoms with Crippen LogP contribution in [0.1, 0.15) is 43.2 Å². The van der Waals surface area contributed by atoms with E-state index in [0.29, 0.717) is 5.92 Å². The van der Waals surface area contributed by atoms with Gasteiger partial charge in [-0.2, -0.15) is 0 Å². The quantitative estimate of drug-likeness (QED) is 0.870. The molecule has 3 nitrogen and oxygen atoms in total. The standard InChI is InChI=1S/C15H18BrN3S/c1-9(2)14-13(8-17-11-4-5-11)20-15(19-14)12-6-3-10(16)7-18-12/h3,6-7,9,11,17H,4-5,8H2,1-2H3. The van der Waals surface area contributed by atoms with Crippen LogP contribution in [0.5, 0.6) is 0 Å². The van der Waals surface area contributed by atoms with Gasteiger partial charge in [0.05, 0.1) is 11.4 Å². The average Bonchev–Trinajstić information content (AvgIpc) is 3.15. The highest BCUT2D eigenvalue weighted by Gasteiger charge is 2.22. The minimum Gasteiger partial charge on any atom is -0.309 e. The summed E-state index contributed by atoms with van der Waals surface area (Å²) in [6.07, 6.45) is 4.46. The first kappa shape index (κ1) is 14.2. The van der Waals surface area contributed by atoms with Gasteiger partial charge < -0.3 is 5.32 Å². The van der Waals surface area contributed by atoms with Gasteiger partial charge in [-0.05, 0) is 46.8 Å². The maximum absolute atomic E-state index is 4.81. The van der Waals surface area contributed by atoms with E-state index in [-0.39, 0.29) is 0 Å². The highest BCUT2D eigenvalue weighted by molar-refractivity contribution is 9.10. The monoisotopic (exact) mass is 351 g/mol. The van der Waals surface area contributed by atoms with Gasteiger partial charge >= 0.3 is 0 Å². The molecular formula is C15H18BrN3S. The molecular weight excluding hydrogens is 334 g/mol. The summed E-state index contributed by atoms with van der Waals surface area (Å²) in [5, 5.41) is 4.61. The van der Waals surface area contributed by atoms with Crippen LogP contribution in [0, 0.1) is 0 Å². The molecule has 0 amide bonds. The third-order valence-electron chi connectivity index (χ3n) is 3.35. The number of pyridine rings is 1. The number of hydrogen-bond donors (Lipinski definition) is 1. The van der Waals surface area contributed by atoms with Gasteiger partial charge in [-0.15, -0.1) is 11.3 Å². The molecule has 0 radical (unpaired) electrons. The largest absolute Gasteiger partial charge is 0.309 e. The molecule has 1 saturated carbocycles. The number of rotatable bonds is 5. The number of nitrogens with zero attached hydrogens (tertiary/aromatic N) is 2. The lowest BCUT2D eigenvalue weighted by Gasteiger charge is -2.05. The molecule has 2 aromatic rings. The van der Waals surface area contributed by atoms with E-state index in [0.717, 1.165) is 27.8 Å². The summed E-state index contributed by atoms with van der Waals surface area (Å²) in [5.41, 5.74) is 2.17. The van der Waals surface area contributed by atoms with Crippen molar-refractivity contribution < 1.29 is 0 Å². The lowest BCUT2D eigenvalue weighted by Crippen LogP contribution is -2.15. The normalized spacial score (nSPS) is 15.0. The van der Waals surface area contributed by atoms with Crippen LogP contribution in [-0.2, 0) is 6.54 Å². The molecule has 5 heteroatoms. The third-order valence-corrected chi connectivity index (χ3v) is 4.91. The van der Waals surface area contributed by atoms with Gasteiger partial charge in [0.1, 0.15) is 5.01 Å². The van der Waals surface area contributed by atoms with E-state index in [1.807, 2.05) is 18.3 Å². The predicted molar refractivity (Wildman–Crippen MR) is 87.0 cm³/mol. The summed E-state index contributed by atoms with van der Waals surface area (Å²) in [7, 11) is 0. The van der Waals surface area contributed by atoms with Crippen LogP contribution in [0.2, 0.25) is 0 Å².